The molecular weight excluding hydrogens is 414 g/mol. The number of aromatic nitrogens is 2. The van der Waals surface area contributed by atoms with Crippen molar-refractivity contribution >= 4 is 28.6 Å². The maximum atomic E-state index is 13.7. The van der Waals surface area contributed by atoms with Gasteiger partial charge in [0.2, 0.25) is 0 Å². The van der Waals surface area contributed by atoms with Crippen LogP contribution in [-0.4, -0.2) is 33.0 Å². The quantitative estimate of drug-likeness (QED) is 0.343. The van der Waals surface area contributed by atoms with Gasteiger partial charge in [0.25, 0.3) is 11.6 Å². The lowest BCUT2D eigenvalue weighted by Crippen LogP contribution is -2.29. The number of hydrogen-bond donors (Lipinski definition) is 1. The minimum absolute atomic E-state index is 0.0456. The Kier molecular flexibility index (Phi) is 6.23. The number of benzene rings is 2. The number of amides is 1. The van der Waals surface area contributed by atoms with Crippen molar-refractivity contribution in [2.45, 2.75) is 26.4 Å². The molecule has 1 atom stereocenters. The molecule has 0 aliphatic carbocycles. The number of alkyl halides is 2. The molecule has 1 aromatic heterocycles. The second-order valence-corrected chi connectivity index (χ2v) is 6.55. The number of nitro groups is 1. The summed E-state index contributed by atoms with van der Waals surface area (Å²) in [6, 6.07) is 8.46. The van der Waals surface area contributed by atoms with E-state index in [0.717, 1.165) is 18.2 Å². The third kappa shape index (κ3) is 4.49. The average molecular weight is 432 g/mol. The topological polar surface area (TPSA) is 116 Å². The highest BCUT2D eigenvalue weighted by molar-refractivity contribution is 5.99. The smallest absolute Gasteiger partial charge is 0.338 e. The first-order valence-corrected chi connectivity index (χ1v) is 9.25. The highest BCUT2D eigenvalue weighted by Crippen LogP contribution is 2.27. The number of hydrogen-bond acceptors (Lipinski definition) is 6. The molecule has 0 aliphatic rings. The van der Waals surface area contributed by atoms with E-state index in [-0.39, 0.29) is 29.1 Å². The fourth-order valence-electron chi connectivity index (χ4n) is 3.10. The number of nitro benzene ring substituents is 1. The molecule has 3 aromatic rings. The Balaban J connectivity index is 1.94. The SMILES string of the molecule is CCOC(=O)c1cc(C(=O)NC(C)c2nc3ccccc3n2C(F)F)cc([N+](=O)[O-])c1. The van der Waals surface area contributed by atoms with E-state index in [9.17, 15) is 28.5 Å². The van der Waals surface area contributed by atoms with Gasteiger partial charge in [0, 0.05) is 17.7 Å². The standard InChI is InChI=1S/C20H18F2N4O5/c1-3-31-19(28)13-8-12(9-14(10-13)26(29)30)18(27)23-11(2)17-24-15-6-4-5-7-16(15)25(17)20(21)22/h4-11,20H,3H2,1-2H3,(H,23,27). The number of non-ortho nitro benzene ring substituents is 1. The van der Waals surface area contributed by atoms with Gasteiger partial charge in [-0.25, -0.2) is 9.78 Å². The van der Waals surface area contributed by atoms with Crippen LogP contribution in [0.25, 0.3) is 11.0 Å². The second kappa shape index (κ2) is 8.86. The van der Waals surface area contributed by atoms with E-state index in [2.05, 4.69) is 10.3 Å². The van der Waals surface area contributed by atoms with Gasteiger partial charge in [-0.2, -0.15) is 8.78 Å². The summed E-state index contributed by atoms with van der Waals surface area (Å²) in [5.41, 5.74) is -0.312. The summed E-state index contributed by atoms with van der Waals surface area (Å²) in [5.74, 6) is -1.71. The molecule has 9 nitrogen and oxygen atoms in total. The fourth-order valence-corrected chi connectivity index (χ4v) is 3.10. The van der Waals surface area contributed by atoms with E-state index in [1.807, 2.05) is 0 Å². The number of nitrogens with zero attached hydrogens (tertiary/aromatic N) is 3. The molecule has 0 radical (unpaired) electrons. The molecule has 2 aromatic carbocycles. The summed E-state index contributed by atoms with van der Waals surface area (Å²) < 4.78 is 32.8. The van der Waals surface area contributed by atoms with Gasteiger partial charge in [0.1, 0.15) is 5.82 Å². The van der Waals surface area contributed by atoms with Crippen molar-refractivity contribution in [1.29, 1.82) is 0 Å². The summed E-state index contributed by atoms with van der Waals surface area (Å²) in [6.07, 6.45) is 0. The van der Waals surface area contributed by atoms with Gasteiger partial charge in [0.05, 0.1) is 34.2 Å². The first-order valence-electron chi connectivity index (χ1n) is 9.25. The number of imidazole rings is 1. The maximum absolute atomic E-state index is 13.7. The van der Waals surface area contributed by atoms with E-state index in [4.69, 9.17) is 4.74 Å². The molecule has 1 heterocycles. The Labute approximate surface area is 174 Å². The van der Waals surface area contributed by atoms with Gasteiger partial charge in [-0.1, -0.05) is 12.1 Å². The number of esters is 1. The van der Waals surface area contributed by atoms with E-state index in [0.29, 0.717) is 10.1 Å². The summed E-state index contributed by atoms with van der Waals surface area (Å²) in [7, 11) is 0. The predicted octanol–water partition coefficient (Wildman–Crippen LogP) is 4.01. The molecule has 3 rings (SSSR count). The molecular formula is C20H18F2N4O5. The van der Waals surface area contributed by atoms with Crippen molar-refractivity contribution in [2.24, 2.45) is 0 Å². The first kappa shape index (κ1) is 21.8. The zero-order valence-electron chi connectivity index (χ0n) is 16.5. The molecule has 162 valence electrons. The lowest BCUT2D eigenvalue weighted by molar-refractivity contribution is -0.384. The monoisotopic (exact) mass is 432 g/mol. The molecule has 0 spiro atoms. The Morgan fingerprint density at radius 1 is 1.23 bits per heavy atom. The largest absolute Gasteiger partial charge is 0.462 e. The minimum Gasteiger partial charge on any atom is -0.462 e. The Morgan fingerprint density at radius 2 is 1.90 bits per heavy atom. The fraction of sp³-hybridized carbons (Fsp3) is 0.250. The summed E-state index contributed by atoms with van der Waals surface area (Å²) >= 11 is 0. The normalized spacial score (nSPS) is 12.0. The number of ether oxygens (including phenoxy) is 1. The molecule has 11 heteroatoms. The van der Waals surface area contributed by atoms with Gasteiger partial charge >= 0.3 is 12.5 Å². The molecule has 0 aliphatic heterocycles. The molecule has 1 N–H and O–H groups in total. The van der Waals surface area contributed by atoms with Crippen LogP contribution in [0.2, 0.25) is 0 Å². The lowest BCUT2D eigenvalue weighted by Gasteiger charge is -2.16. The van der Waals surface area contributed by atoms with Crippen LogP contribution in [-0.2, 0) is 4.74 Å². The van der Waals surface area contributed by atoms with Crippen molar-refractivity contribution in [1.82, 2.24) is 14.9 Å². The van der Waals surface area contributed by atoms with Crippen LogP contribution >= 0.6 is 0 Å². The number of fused-ring (bicyclic) bond motifs is 1. The molecule has 1 unspecified atom stereocenters. The van der Waals surface area contributed by atoms with Crippen molar-refractivity contribution < 1.29 is 28.0 Å². The predicted molar refractivity (Wildman–Crippen MR) is 106 cm³/mol. The molecule has 0 fully saturated rings. The average Bonchev–Trinajstić information content (AvgIpc) is 3.13. The second-order valence-electron chi connectivity index (χ2n) is 6.55. The van der Waals surface area contributed by atoms with Crippen LogP contribution in [0.1, 0.15) is 53.0 Å². The third-order valence-electron chi connectivity index (χ3n) is 4.46. The number of para-hydroxylation sites is 2. The number of nitrogens with one attached hydrogen (secondary N) is 1. The number of carbonyl (C=O) groups excluding carboxylic acids is 2. The van der Waals surface area contributed by atoms with E-state index in [1.54, 1.807) is 25.1 Å². The highest BCUT2D eigenvalue weighted by Gasteiger charge is 2.25. The summed E-state index contributed by atoms with van der Waals surface area (Å²) in [4.78, 5) is 39.3. The third-order valence-corrected chi connectivity index (χ3v) is 4.46. The summed E-state index contributed by atoms with van der Waals surface area (Å²) in [5, 5.41) is 13.7. The number of carbonyl (C=O) groups is 2. The Hall–Kier alpha value is -3.89. The van der Waals surface area contributed by atoms with E-state index < -0.39 is 35.1 Å². The van der Waals surface area contributed by atoms with E-state index in [1.165, 1.54) is 13.0 Å². The molecule has 0 saturated heterocycles. The summed E-state index contributed by atoms with van der Waals surface area (Å²) in [6.45, 7) is 0.181. The number of halogens is 2. The Morgan fingerprint density at radius 3 is 2.55 bits per heavy atom. The first-order chi connectivity index (χ1) is 14.7. The van der Waals surface area contributed by atoms with Crippen LogP contribution in [0.15, 0.2) is 42.5 Å². The maximum Gasteiger partial charge on any atom is 0.338 e. The highest BCUT2D eigenvalue weighted by atomic mass is 19.3. The van der Waals surface area contributed by atoms with Crippen LogP contribution in [0.3, 0.4) is 0 Å². The molecule has 1 amide bonds. The van der Waals surface area contributed by atoms with Crippen LogP contribution in [0.5, 0.6) is 0 Å². The minimum atomic E-state index is -2.89. The lowest BCUT2D eigenvalue weighted by atomic mass is 10.1. The van der Waals surface area contributed by atoms with Crippen LogP contribution in [0, 0.1) is 10.1 Å². The van der Waals surface area contributed by atoms with Crippen molar-refractivity contribution in [3.63, 3.8) is 0 Å². The van der Waals surface area contributed by atoms with Gasteiger partial charge in [-0.15, -0.1) is 0 Å². The zero-order chi connectivity index (χ0) is 22.7. The van der Waals surface area contributed by atoms with E-state index >= 15 is 0 Å². The van der Waals surface area contributed by atoms with Crippen LogP contribution in [0.4, 0.5) is 14.5 Å². The van der Waals surface area contributed by atoms with Crippen LogP contribution < -0.4 is 5.32 Å². The van der Waals surface area contributed by atoms with Crippen molar-refractivity contribution in [3.05, 3.63) is 69.5 Å². The molecule has 31 heavy (non-hydrogen) atoms. The van der Waals surface area contributed by atoms with Gasteiger partial charge in [-0.3, -0.25) is 19.5 Å². The van der Waals surface area contributed by atoms with Crippen molar-refractivity contribution in [2.75, 3.05) is 6.61 Å². The Bertz CT molecular complexity index is 1160. The molecule has 0 saturated carbocycles. The molecule has 0 bridgehead atoms. The van der Waals surface area contributed by atoms with Gasteiger partial charge in [0.15, 0.2) is 0 Å². The van der Waals surface area contributed by atoms with Crippen molar-refractivity contribution in [3.8, 4) is 0 Å². The zero-order valence-corrected chi connectivity index (χ0v) is 16.5. The van der Waals surface area contributed by atoms with Gasteiger partial charge < -0.3 is 10.1 Å². The van der Waals surface area contributed by atoms with Gasteiger partial charge in [-0.05, 0) is 32.0 Å². The number of rotatable bonds is 7.